The van der Waals surface area contributed by atoms with Gasteiger partial charge in [-0.25, -0.2) is 4.98 Å². The molecule has 0 radical (unpaired) electrons. The lowest BCUT2D eigenvalue weighted by Crippen LogP contribution is -2.21. The van der Waals surface area contributed by atoms with Gasteiger partial charge < -0.3 is 10.1 Å². The lowest BCUT2D eigenvalue weighted by molar-refractivity contribution is -0.138. The largest absolute Gasteiger partial charge is 0.481 e. The van der Waals surface area contributed by atoms with Crippen LogP contribution in [0.15, 0.2) is 18.2 Å². The highest BCUT2D eigenvalue weighted by atomic mass is 16.4. The highest BCUT2D eigenvalue weighted by Gasteiger charge is 2.24. The van der Waals surface area contributed by atoms with Gasteiger partial charge in [0.15, 0.2) is 0 Å². The number of hydrogen-bond acceptors (Lipinski definition) is 2. The van der Waals surface area contributed by atoms with E-state index in [-0.39, 0.29) is 11.8 Å². The van der Waals surface area contributed by atoms with Crippen LogP contribution in [0.5, 0.6) is 0 Å². The third kappa shape index (κ3) is 2.37. The normalized spacial score (nSPS) is 11.9. The summed E-state index contributed by atoms with van der Waals surface area (Å²) in [6.07, 6.45) is 0.982. The van der Waals surface area contributed by atoms with Crippen LogP contribution in [0.1, 0.15) is 38.6 Å². The van der Waals surface area contributed by atoms with E-state index in [9.17, 15) is 4.79 Å². The molecule has 4 nitrogen and oxygen atoms in total. The zero-order valence-electron chi connectivity index (χ0n) is 10.9. The summed E-state index contributed by atoms with van der Waals surface area (Å²) >= 11 is 0. The van der Waals surface area contributed by atoms with Crippen molar-refractivity contribution in [3.8, 4) is 0 Å². The SMILES string of the molecule is CCc1nc2ccc(C(C)(C)CC(=O)O)cc2[nH]1. The topological polar surface area (TPSA) is 66.0 Å². The smallest absolute Gasteiger partial charge is 0.304 e. The number of fused-ring (bicyclic) bond motifs is 1. The number of carboxylic acid groups (broad SMARTS) is 1. The minimum Gasteiger partial charge on any atom is -0.481 e. The van der Waals surface area contributed by atoms with Gasteiger partial charge in [0.25, 0.3) is 0 Å². The van der Waals surface area contributed by atoms with Gasteiger partial charge in [0.1, 0.15) is 5.82 Å². The molecule has 0 bridgehead atoms. The summed E-state index contributed by atoms with van der Waals surface area (Å²) in [5.74, 6) is 0.178. The third-order valence-electron chi connectivity index (χ3n) is 3.24. The van der Waals surface area contributed by atoms with E-state index in [1.54, 1.807) is 0 Å². The Kier molecular flexibility index (Phi) is 3.11. The van der Waals surface area contributed by atoms with E-state index in [0.29, 0.717) is 0 Å². The second-order valence-electron chi connectivity index (χ2n) is 5.22. The zero-order chi connectivity index (χ0) is 13.3. The summed E-state index contributed by atoms with van der Waals surface area (Å²) in [6.45, 7) is 5.94. The molecule has 96 valence electrons. The number of aromatic amines is 1. The molecule has 1 heterocycles. The van der Waals surface area contributed by atoms with Gasteiger partial charge in [0.05, 0.1) is 17.5 Å². The lowest BCUT2D eigenvalue weighted by atomic mass is 9.81. The molecule has 0 amide bonds. The van der Waals surface area contributed by atoms with Gasteiger partial charge in [-0.05, 0) is 17.7 Å². The second-order valence-corrected chi connectivity index (χ2v) is 5.22. The summed E-state index contributed by atoms with van der Waals surface area (Å²) in [5.41, 5.74) is 2.55. The van der Waals surface area contributed by atoms with Crippen molar-refractivity contribution < 1.29 is 9.90 Å². The van der Waals surface area contributed by atoms with Gasteiger partial charge in [-0.1, -0.05) is 26.8 Å². The highest BCUT2D eigenvalue weighted by molar-refractivity contribution is 5.77. The van der Waals surface area contributed by atoms with Gasteiger partial charge in [0, 0.05) is 11.8 Å². The average Bonchev–Trinajstić information content (AvgIpc) is 2.68. The van der Waals surface area contributed by atoms with E-state index in [1.165, 1.54) is 0 Å². The predicted octanol–water partition coefficient (Wildman–Crippen LogP) is 2.88. The van der Waals surface area contributed by atoms with E-state index in [4.69, 9.17) is 5.11 Å². The van der Waals surface area contributed by atoms with Crippen molar-refractivity contribution in [2.75, 3.05) is 0 Å². The molecular formula is C14H18N2O2. The number of hydrogen-bond donors (Lipinski definition) is 2. The van der Waals surface area contributed by atoms with Crippen LogP contribution in [0.2, 0.25) is 0 Å². The van der Waals surface area contributed by atoms with Crippen LogP contribution in [-0.4, -0.2) is 21.0 Å². The molecule has 0 spiro atoms. The molecule has 4 heteroatoms. The van der Waals surface area contributed by atoms with Crippen LogP contribution in [0.3, 0.4) is 0 Å². The van der Waals surface area contributed by atoms with Crippen molar-refractivity contribution in [2.45, 2.75) is 39.0 Å². The second kappa shape index (κ2) is 4.44. The van der Waals surface area contributed by atoms with Crippen molar-refractivity contribution >= 4 is 17.0 Å². The fraction of sp³-hybridized carbons (Fsp3) is 0.429. The number of nitrogens with one attached hydrogen (secondary N) is 1. The number of rotatable bonds is 4. The first kappa shape index (κ1) is 12.6. The molecule has 0 saturated carbocycles. The van der Waals surface area contributed by atoms with Gasteiger partial charge >= 0.3 is 5.97 Å². The first-order valence-electron chi connectivity index (χ1n) is 6.13. The number of aliphatic carboxylic acids is 1. The van der Waals surface area contributed by atoms with E-state index in [2.05, 4.69) is 9.97 Å². The maximum atomic E-state index is 10.9. The van der Waals surface area contributed by atoms with E-state index < -0.39 is 5.97 Å². The summed E-state index contributed by atoms with van der Waals surface area (Å²) in [6, 6.07) is 5.92. The van der Waals surface area contributed by atoms with Crippen molar-refractivity contribution in [3.05, 3.63) is 29.6 Å². The minimum absolute atomic E-state index is 0.118. The molecule has 2 N–H and O–H groups in total. The molecule has 0 aliphatic rings. The molecule has 2 rings (SSSR count). The molecule has 0 saturated heterocycles. The molecule has 0 atom stereocenters. The Hall–Kier alpha value is -1.84. The van der Waals surface area contributed by atoms with Crippen molar-refractivity contribution in [3.63, 3.8) is 0 Å². The lowest BCUT2D eigenvalue weighted by Gasteiger charge is -2.22. The number of carboxylic acids is 1. The Bertz CT molecular complexity index is 584. The maximum absolute atomic E-state index is 10.9. The number of nitrogens with zero attached hydrogens (tertiary/aromatic N) is 1. The molecular weight excluding hydrogens is 228 g/mol. The van der Waals surface area contributed by atoms with Crippen molar-refractivity contribution in [1.82, 2.24) is 9.97 Å². The summed E-state index contributed by atoms with van der Waals surface area (Å²) in [4.78, 5) is 18.6. The van der Waals surface area contributed by atoms with Crippen LogP contribution in [0.25, 0.3) is 11.0 Å². The van der Waals surface area contributed by atoms with E-state index in [1.807, 2.05) is 39.0 Å². The zero-order valence-corrected chi connectivity index (χ0v) is 10.9. The van der Waals surface area contributed by atoms with Crippen molar-refractivity contribution in [1.29, 1.82) is 0 Å². The summed E-state index contributed by atoms with van der Waals surface area (Å²) < 4.78 is 0. The Balaban J connectivity index is 2.42. The van der Waals surface area contributed by atoms with Gasteiger partial charge in [0.2, 0.25) is 0 Å². The van der Waals surface area contributed by atoms with Crippen molar-refractivity contribution in [2.24, 2.45) is 0 Å². The highest BCUT2D eigenvalue weighted by Crippen LogP contribution is 2.29. The van der Waals surface area contributed by atoms with Crippen LogP contribution >= 0.6 is 0 Å². The molecule has 0 unspecified atom stereocenters. The molecule has 1 aromatic heterocycles. The Morgan fingerprint density at radius 3 is 2.78 bits per heavy atom. The molecule has 2 aromatic rings. The summed E-state index contributed by atoms with van der Waals surface area (Å²) in [5, 5.41) is 8.95. The van der Waals surface area contributed by atoms with E-state index >= 15 is 0 Å². The number of imidazole rings is 1. The monoisotopic (exact) mass is 246 g/mol. The molecule has 1 aromatic carbocycles. The van der Waals surface area contributed by atoms with Gasteiger partial charge in [-0.15, -0.1) is 0 Å². The number of aryl methyl sites for hydroxylation is 1. The van der Waals surface area contributed by atoms with Crippen LogP contribution in [0, 0.1) is 0 Å². The van der Waals surface area contributed by atoms with Crippen LogP contribution in [0.4, 0.5) is 0 Å². The van der Waals surface area contributed by atoms with Gasteiger partial charge in [-0.2, -0.15) is 0 Å². The Morgan fingerprint density at radius 2 is 2.17 bits per heavy atom. The molecule has 0 aliphatic heterocycles. The Morgan fingerprint density at radius 1 is 1.44 bits per heavy atom. The van der Waals surface area contributed by atoms with Crippen LogP contribution in [-0.2, 0) is 16.6 Å². The number of H-pyrrole nitrogens is 1. The Labute approximate surface area is 106 Å². The maximum Gasteiger partial charge on any atom is 0.304 e. The fourth-order valence-electron chi connectivity index (χ4n) is 2.13. The quantitative estimate of drug-likeness (QED) is 0.871. The average molecular weight is 246 g/mol. The van der Waals surface area contributed by atoms with Gasteiger partial charge in [-0.3, -0.25) is 4.79 Å². The molecule has 18 heavy (non-hydrogen) atoms. The number of carbonyl (C=O) groups is 1. The first-order valence-corrected chi connectivity index (χ1v) is 6.13. The number of aromatic nitrogens is 2. The summed E-state index contributed by atoms with van der Waals surface area (Å²) in [7, 11) is 0. The molecule has 0 fully saturated rings. The van der Waals surface area contributed by atoms with E-state index in [0.717, 1.165) is 28.8 Å². The predicted molar refractivity (Wildman–Crippen MR) is 70.8 cm³/mol. The third-order valence-corrected chi connectivity index (χ3v) is 3.24. The fourth-order valence-corrected chi connectivity index (χ4v) is 2.13. The minimum atomic E-state index is -0.779. The standard InChI is InChI=1S/C14H18N2O2/c1-4-12-15-10-6-5-9(7-11(10)16-12)14(2,3)8-13(17)18/h5-7H,4,8H2,1-3H3,(H,15,16)(H,17,18). The number of benzene rings is 1. The van der Waals surface area contributed by atoms with Crippen LogP contribution < -0.4 is 0 Å². The molecule has 0 aliphatic carbocycles. The first-order chi connectivity index (χ1) is 8.42.